The summed E-state index contributed by atoms with van der Waals surface area (Å²) >= 11 is 1.26. The molecule has 11 heteroatoms. The van der Waals surface area contributed by atoms with E-state index in [0.29, 0.717) is 29.6 Å². The number of anilines is 1. The van der Waals surface area contributed by atoms with Gasteiger partial charge in [-0.05, 0) is 24.3 Å². The standard InChI is InChI=1S/C19H16F2N6O2S/c20-12-5-11(6-13(21)7-12)15-1-2-17-23-9-16(27(17)26-15)18(29)25-19-24-14(10-30-19)8-22-3-4-28/h1-2,5-7,9-10,22,28H,3-4,8H2,(H,24,25,29). The smallest absolute Gasteiger partial charge is 0.277 e. The lowest BCUT2D eigenvalue weighted by atomic mass is 10.1. The lowest BCUT2D eigenvalue weighted by molar-refractivity contribution is 0.102. The number of thiazole rings is 1. The summed E-state index contributed by atoms with van der Waals surface area (Å²) in [4.78, 5) is 21.2. The van der Waals surface area contributed by atoms with Crippen LogP contribution in [0.15, 0.2) is 41.9 Å². The van der Waals surface area contributed by atoms with Crippen LogP contribution < -0.4 is 10.6 Å². The molecule has 1 amide bonds. The van der Waals surface area contributed by atoms with Crippen molar-refractivity contribution in [1.82, 2.24) is 24.9 Å². The number of rotatable bonds is 7. The maximum Gasteiger partial charge on any atom is 0.277 e. The first-order chi connectivity index (χ1) is 14.5. The predicted octanol–water partition coefficient (Wildman–Crippen LogP) is 2.47. The van der Waals surface area contributed by atoms with E-state index in [-0.39, 0.29) is 17.9 Å². The zero-order valence-electron chi connectivity index (χ0n) is 15.5. The second-order valence-corrected chi connectivity index (χ2v) is 7.15. The minimum Gasteiger partial charge on any atom is -0.395 e. The van der Waals surface area contributed by atoms with Gasteiger partial charge in [-0.1, -0.05) is 0 Å². The number of imidazole rings is 1. The largest absolute Gasteiger partial charge is 0.395 e. The molecular formula is C19H16F2N6O2S. The topological polar surface area (TPSA) is 104 Å². The van der Waals surface area contributed by atoms with Crippen LogP contribution in [0.1, 0.15) is 16.2 Å². The first-order valence-corrected chi connectivity index (χ1v) is 9.80. The van der Waals surface area contributed by atoms with Gasteiger partial charge in [0, 0.05) is 30.1 Å². The van der Waals surface area contributed by atoms with Crippen molar-refractivity contribution in [2.24, 2.45) is 0 Å². The summed E-state index contributed by atoms with van der Waals surface area (Å²) < 4.78 is 28.4. The summed E-state index contributed by atoms with van der Waals surface area (Å²) in [6.07, 6.45) is 1.37. The van der Waals surface area contributed by atoms with Crippen molar-refractivity contribution in [2.75, 3.05) is 18.5 Å². The molecular weight excluding hydrogens is 414 g/mol. The van der Waals surface area contributed by atoms with Crippen molar-refractivity contribution in [2.45, 2.75) is 6.54 Å². The van der Waals surface area contributed by atoms with Crippen molar-refractivity contribution in [1.29, 1.82) is 0 Å². The normalized spacial score (nSPS) is 11.2. The van der Waals surface area contributed by atoms with Crippen molar-refractivity contribution < 1.29 is 18.7 Å². The van der Waals surface area contributed by atoms with Crippen molar-refractivity contribution in [3.8, 4) is 11.3 Å². The first-order valence-electron chi connectivity index (χ1n) is 8.92. The van der Waals surface area contributed by atoms with Crippen LogP contribution in [0.3, 0.4) is 0 Å². The van der Waals surface area contributed by atoms with Gasteiger partial charge < -0.3 is 10.4 Å². The SMILES string of the molecule is O=C(Nc1nc(CNCCO)cs1)c1cnc2ccc(-c3cc(F)cc(F)c3)nn12. The molecule has 0 fully saturated rings. The third-order valence-electron chi connectivity index (χ3n) is 4.12. The van der Waals surface area contributed by atoms with Crippen LogP contribution in [0.4, 0.5) is 13.9 Å². The first kappa shape index (κ1) is 20.0. The van der Waals surface area contributed by atoms with Crippen LogP contribution in [0.2, 0.25) is 0 Å². The summed E-state index contributed by atoms with van der Waals surface area (Å²) in [5, 5.41) is 21.0. The molecule has 0 unspecified atom stereocenters. The molecule has 0 atom stereocenters. The highest BCUT2D eigenvalue weighted by Crippen LogP contribution is 2.21. The molecule has 154 valence electrons. The van der Waals surface area contributed by atoms with Gasteiger partial charge in [-0.15, -0.1) is 11.3 Å². The number of aromatic nitrogens is 4. The Kier molecular flexibility index (Phi) is 5.74. The molecule has 30 heavy (non-hydrogen) atoms. The van der Waals surface area contributed by atoms with Gasteiger partial charge >= 0.3 is 0 Å². The molecule has 3 N–H and O–H groups in total. The van der Waals surface area contributed by atoms with Gasteiger partial charge in [-0.2, -0.15) is 5.10 Å². The molecule has 0 aliphatic carbocycles. The van der Waals surface area contributed by atoms with Crippen LogP contribution >= 0.6 is 11.3 Å². The van der Waals surface area contributed by atoms with Crippen LogP contribution in [0.5, 0.6) is 0 Å². The fourth-order valence-electron chi connectivity index (χ4n) is 2.79. The molecule has 0 saturated heterocycles. The molecule has 4 aromatic rings. The van der Waals surface area contributed by atoms with Gasteiger partial charge in [-0.25, -0.2) is 23.3 Å². The lowest BCUT2D eigenvalue weighted by Crippen LogP contribution is -2.18. The molecule has 8 nitrogen and oxygen atoms in total. The number of hydrogen-bond donors (Lipinski definition) is 3. The molecule has 4 rings (SSSR count). The van der Waals surface area contributed by atoms with E-state index < -0.39 is 17.5 Å². The van der Waals surface area contributed by atoms with Gasteiger partial charge in [0.2, 0.25) is 0 Å². The molecule has 3 aromatic heterocycles. The number of nitrogens with zero attached hydrogens (tertiary/aromatic N) is 4. The number of nitrogens with one attached hydrogen (secondary N) is 2. The van der Waals surface area contributed by atoms with Crippen molar-refractivity contribution in [3.05, 3.63) is 64.9 Å². The minimum absolute atomic E-state index is 0.0271. The third kappa shape index (κ3) is 4.32. The van der Waals surface area contributed by atoms with E-state index in [1.807, 2.05) is 0 Å². The Morgan fingerprint density at radius 1 is 1.20 bits per heavy atom. The van der Waals surface area contributed by atoms with Gasteiger partial charge in [0.1, 0.15) is 11.6 Å². The van der Waals surface area contributed by atoms with Crippen LogP contribution in [0.25, 0.3) is 16.9 Å². The maximum atomic E-state index is 13.5. The van der Waals surface area contributed by atoms with E-state index in [2.05, 4.69) is 25.7 Å². The highest BCUT2D eigenvalue weighted by molar-refractivity contribution is 7.13. The number of hydrogen-bond acceptors (Lipinski definition) is 7. The fourth-order valence-corrected chi connectivity index (χ4v) is 3.49. The molecule has 1 aromatic carbocycles. The molecule has 0 radical (unpaired) electrons. The number of aliphatic hydroxyl groups is 1. The molecule has 0 aliphatic heterocycles. The Morgan fingerprint density at radius 3 is 2.77 bits per heavy atom. The van der Waals surface area contributed by atoms with E-state index in [0.717, 1.165) is 23.9 Å². The Balaban J connectivity index is 1.57. The van der Waals surface area contributed by atoms with E-state index in [9.17, 15) is 13.6 Å². The lowest BCUT2D eigenvalue weighted by Gasteiger charge is -2.05. The van der Waals surface area contributed by atoms with E-state index in [1.54, 1.807) is 17.5 Å². The second-order valence-electron chi connectivity index (χ2n) is 6.29. The fraction of sp³-hybridized carbons (Fsp3) is 0.158. The Hall–Kier alpha value is -3.28. The molecule has 0 saturated carbocycles. The quantitative estimate of drug-likeness (QED) is 0.389. The molecule has 0 aliphatic rings. The highest BCUT2D eigenvalue weighted by Gasteiger charge is 2.16. The summed E-state index contributed by atoms with van der Waals surface area (Å²) in [6.45, 7) is 0.946. The molecule has 0 spiro atoms. The zero-order valence-corrected chi connectivity index (χ0v) is 16.3. The number of aliphatic hydroxyl groups excluding tert-OH is 1. The minimum atomic E-state index is -0.719. The third-order valence-corrected chi connectivity index (χ3v) is 4.93. The van der Waals surface area contributed by atoms with Crippen molar-refractivity contribution in [3.63, 3.8) is 0 Å². The number of benzene rings is 1. The highest BCUT2D eigenvalue weighted by atomic mass is 32.1. The number of fused-ring (bicyclic) bond motifs is 1. The van der Waals surface area contributed by atoms with Crippen molar-refractivity contribution >= 4 is 28.0 Å². The van der Waals surface area contributed by atoms with Gasteiger partial charge in [-0.3, -0.25) is 10.1 Å². The summed E-state index contributed by atoms with van der Waals surface area (Å²) in [7, 11) is 0. The molecule has 3 heterocycles. The van der Waals surface area contributed by atoms with E-state index in [4.69, 9.17) is 5.11 Å². The summed E-state index contributed by atoms with van der Waals surface area (Å²) in [5.41, 5.74) is 1.83. The summed E-state index contributed by atoms with van der Waals surface area (Å²) in [5.74, 6) is -1.91. The monoisotopic (exact) mass is 430 g/mol. The Bertz CT molecular complexity index is 1190. The number of halogens is 2. The Morgan fingerprint density at radius 2 is 2.00 bits per heavy atom. The molecule has 0 bridgehead atoms. The van der Waals surface area contributed by atoms with Gasteiger partial charge in [0.25, 0.3) is 5.91 Å². The second kappa shape index (κ2) is 8.61. The average molecular weight is 430 g/mol. The maximum absolute atomic E-state index is 13.5. The summed E-state index contributed by atoms with van der Waals surface area (Å²) in [6, 6.07) is 6.28. The number of carbonyl (C=O) groups is 1. The zero-order chi connectivity index (χ0) is 21.1. The number of amides is 1. The van der Waals surface area contributed by atoms with Crippen LogP contribution in [-0.2, 0) is 6.54 Å². The van der Waals surface area contributed by atoms with Gasteiger partial charge in [0.15, 0.2) is 16.5 Å². The predicted molar refractivity (Wildman–Crippen MR) is 107 cm³/mol. The Labute approximate surface area is 173 Å². The average Bonchev–Trinajstić information content (AvgIpc) is 3.33. The number of carbonyl (C=O) groups excluding carboxylic acids is 1. The van der Waals surface area contributed by atoms with E-state index >= 15 is 0 Å². The van der Waals surface area contributed by atoms with Crippen LogP contribution in [0, 0.1) is 11.6 Å². The van der Waals surface area contributed by atoms with Gasteiger partial charge in [0.05, 0.1) is 24.2 Å². The van der Waals surface area contributed by atoms with E-state index in [1.165, 1.54) is 22.0 Å². The van der Waals surface area contributed by atoms with Crippen LogP contribution in [-0.4, -0.2) is 43.7 Å².